The van der Waals surface area contributed by atoms with Gasteiger partial charge in [0.1, 0.15) is 5.60 Å². The monoisotopic (exact) mass is 566 g/mol. The smallest absolute Gasteiger partial charge is 0.410 e. The van der Waals surface area contributed by atoms with Gasteiger partial charge in [-0.25, -0.2) is 4.79 Å². The first-order chi connectivity index (χ1) is 19.8. The number of nitrogens with zero attached hydrogens (tertiary/aromatic N) is 2. The quantitative estimate of drug-likeness (QED) is 0.237. The summed E-state index contributed by atoms with van der Waals surface area (Å²) in [5, 5.41) is 3.42. The van der Waals surface area contributed by atoms with Crippen LogP contribution in [0.2, 0.25) is 0 Å². The van der Waals surface area contributed by atoms with E-state index in [1.165, 1.54) is 15.6 Å². The van der Waals surface area contributed by atoms with Crippen LogP contribution in [0.3, 0.4) is 0 Å². The Morgan fingerprint density at radius 1 is 0.927 bits per heavy atom. The van der Waals surface area contributed by atoms with Gasteiger partial charge in [0.15, 0.2) is 0 Å². The minimum atomic E-state index is -0.586. The predicted octanol–water partition coefficient (Wildman–Crippen LogP) is 8.10. The number of hydrogen-bond donors (Lipinski definition) is 0. The van der Waals surface area contributed by atoms with Crippen molar-refractivity contribution in [3.05, 3.63) is 95.4 Å². The normalized spacial score (nSPS) is 19.2. The van der Waals surface area contributed by atoms with Gasteiger partial charge < -0.3 is 14.5 Å². The topological polar surface area (TPSA) is 49.9 Å². The maximum Gasteiger partial charge on any atom is 0.410 e. The standard InChI is InChI=1S/C35H38N2O3S/c1-35(2,3)40-34(39)36-19-18-29(26-13-9-12-25(20-26)24-10-5-4-6-11-24)31(22-36)33(38)37(28-16-17-28)21-27-23-41-32-15-8-7-14-30(27)32/h4-15,20,23,28-29,31H,16-19,21-22H2,1-3H3/t29-,31+/m1/s1. The maximum atomic E-state index is 14.6. The Kier molecular flexibility index (Phi) is 7.60. The molecular formula is C35H38N2O3S. The van der Waals surface area contributed by atoms with E-state index in [0.29, 0.717) is 26.1 Å². The van der Waals surface area contributed by atoms with Gasteiger partial charge in [0, 0.05) is 30.4 Å². The second-order valence-corrected chi connectivity index (χ2v) is 13.3. The van der Waals surface area contributed by atoms with E-state index in [0.717, 1.165) is 29.5 Å². The van der Waals surface area contributed by atoms with Gasteiger partial charge in [-0.05, 0) is 85.0 Å². The van der Waals surface area contributed by atoms with Gasteiger partial charge in [-0.2, -0.15) is 0 Å². The number of hydrogen-bond acceptors (Lipinski definition) is 4. The molecule has 1 aromatic heterocycles. The molecular weight excluding hydrogens is 528 g/mol. The van der Waals surface area contributed by atoms with Crippen molar-refractivity contribution in [2.45, 2.75) is 64.1 Å². The SMILES string of the molecule is CC(C)(C)OC(=O)N1CC[C@H](c2cccc(-c3ccccc3)c2)[C@@H](C(=O)N(Cc2csc3ccccc23)C2CC2)C1. The molecule has 2 amide bonds. The third-order valence-corrected chi connectivity index (χ3v) is 9.19. The van der Waals surface area contributed by atoms with E-state index < -0.39 is 5.60 Å². The third kappa shape index (κ3) is 6.18. The van der Waals surface area contributed by atoms with Gasteiger partial charge in [-0.15, -0.1) is 11.3 Å². The Morgan fingerprint density at radius 2 is 1.66 bits per heavy atom. The highest BCUT2D eigenvalue weighted by Gasteiger charge is 2.43. The zero-order chi connectivity index (χ0) is 28.6. The number of rotatable bonds is 6. The summed E-state index contributed by atoms with van der Waals surface area (Å²) in [7, 11) is 0. The molecule has 212 valence electrons. The lowest BCUT2D eigenvalue weighted by Crippen LogP contribution is -2.51. The van der Waals surface area contributed by atoms with Crippen molar-refractivity contribution in [2.24, 2.45) is 5.92 Å². The average molecular weight is 567 g/mol. The van der Waals surface area contributed by atoms with Crippen molar-refractivity contribution in [3.8, 4) is 11.1 Å². The van der Waals surface area contributed by atoms with E-state index in [-0.39, 0.29) is 29.9 Å². The Hall–Kier alpha value is -3.64. The number of amides is 2. The molecule has 1 aliphatic carbocycles. The first kappa shape index (κ1) is 27.5. The number of carbonyl (C=O) groups is 2. The molecule has 41 heavy (non-hydrogen) atoms. The first-order valence-electron chi connectivity index (χ1n) is 14.7. The number of likely N-dealkylation sites (tertiary alicyclic amines) is 1. The molecule has 1 saturated heterocycles. The lowest BCUT2D eigenvalue weighted by Gasteiger charge is -2.40. The second kappa shape index (κ2) is 11.3. The lowest BCUT2D eigenvalue weighted by molar-refractivity contribution is -0.139. The molecule has 0 N–H and O–H groups in total. The van der Waals surface area contributed by atoms with Crippen LogP contribution in [0.25, 0.3) is 21.2 Å². The van der Waals surface area contributed by atoms with Crippen LogP contribution in [-0.4, -0.2) is 46.5 Å². The molecule has 2 atom stereocenters. The molecule has 2 heterocycles. The Bertz CT molecular complexity index is 1540. The van der Waals surface area contributed by atoms with Gasteiger partial charge in [-0.1, -0.05) is 72.8 Å². The minimum absolute atomic E-state index is 0.0188. The van der Waals surface area contributed by atoms with Crippen molar-refractivity contribution in [1.29, 1.82) is 0 Å². The summed E-state index contributed by atoms with van der Waals surface area (Å²) in [6.45, 7) is 7.19. The fraction of sp³-hybridized carbons (Fsp3) is 0.371. The number of carbonyl (C=O) groups excluding carboxylic acids is 2. The van der Waals surface area contributed by atoms with E-state index in [4.69, 9.17) is 4.74 Å². The molecule has 0 bridgehead atoms. The Balaban J connectivity index is 1.32. The molecule has 1 aliphatic heterocycles. The van der Waals surface area contributed by atoms with Crippen LogP contribution in [0.15, 0.2) is 84.2 Å². The fourth-order valence-corrected chi connectivity index (χ4v) is 6.95. The maximum absolute atomic E-state index is 14.6. The molecule has 4 aromatic rings. The summed E-state index contributed by atoms with van der Waals surface area (Å²) in [5.74, 6) is -0.177. The summed E-state index contributed by atoms with van der Waals surface area (Å²) >= 11 is 1.73. The van der Waals surface area contributed by atoms with Crippen LogP contribution >= 0.6 is 11.3 Å². The summed E-state index contributed by atoms with van der Waals surface area (Å²) in [5.41, 5.74) is 4.08. The summed E-state index contributed by atoms with van der Waals surface area (Å²) < 4.78 is 6.99. The van der Waals surface area contributed by atoms with Crippen LogP contribution in [0.1, 0.15) is 57.1 Å². The Morgan fingerprint density at radius 3 is 2.41 bits per heavy atom. The van der Waals surface area contributed by atoms with Crippen molar-refractivity contribution in [2.75, 3.05) is 13.1 Å². The highest BCUT2D eigenvalue weighted by Crippen LogP contribution is 2.40. The van der Waals surface area contributed by atoms with Crippen molar-refractivity contribution in [3.63, 3.8) is 0 Å². The van der Waals surface area contributed by atoms with Crippen molar-refractivity contribution in [1.82, 2.24) is 9.80 Å². The van der Waals surface area contributed by atoms with Gasteiger partial charge in [0.05, 0.1) is 5.92 Å². The van der Waals surface area contributed by atoms with Gasteiger partial charge in [0.2, 0.25) is 5.91 Å². The molecule has 2 aliphatic rings. The first-order valence-corrected chi connectivity index (χ1v) is 15.5. The zero-order valence-electron chi connectivity index (χ0n) is 24.1. The lowest BCUT2D eigenvalue weighted by atomic mass is 9.79. The number of thiophene rings is 1. The molecule has 6 rings (SSSR count). The fourth-order valence-electron chi connectivity index (χ4n) is 6.00. The van der Waals surface area contributed by atoms with Crippen LogP contribution < -0.4 is 0 Å². The van der Waals surface area contributed by atoms with Gasteiger partial charge in [-0.3, -0.25) is 4.79 Å². The van der Waals surface area contributed by atoms with E-state index in [1.54, 1.807) is 16.2 Å². The zero-order valence-corrected chi connectivity index (χ0v) is 24.9. The average Bonchev–Trinajstić information content (AvgIpc) is 3.74. The number of ether oxygens (including phenoxy) is 1. The van der Waals surface area contributed by atoms with E-state index in [2.05, 4.69) is 83.1 Å². The van der Waals surface area contributed by atoms with Gasteiger partial charge >= 0.3 is 6.09 Å². The van der Waals surface area contributed by atoms with Crippen LogP contribution in [-0.2, 0) is 16.1 Å². The van der Waals surface area contributed by atoms with Crippen LogP contribution in [0, 0.1) is 5.92 Å². The molecule has 0 unspecified atom stereocenters. The molecule has 3 aromatic carbocycles. The van der Waals surface area contributed by atoms with Crippen molar-refractivity contribution < 1.29 is 14.3 Å². The van der Waals surface area contributed by atoms with Crippen LogP contribution in [0.5, 0.6) is 0 Å². The molecule has 6 heteroatoms. The molecule has 2 fully saturated rings. The Labute approximate surface area is 246 Å². The highest BCUT2D eigenvalue weighted by atomic mass is 32.1. The van der Waals surface area contributed by atoms with Crippen molar-refractivity contribution >= 4 is 33.4 Å². The van der Waals surface area contributed by atoms with Crippen LogP contribution in [0.4, 0.5) is 4.79 Å². The largest absolute Gasteiger partial charge is 0.444 e. The number of fused-ring (bicyclic) bond motifs is 1. The minimum Gasteiger partial charge on any atom is -0.444 e. The van der Waals surface area contributed by atoms with E-state index >= 15 is 0 Å². The molecule has 5 nitrogen and oxygen atoms in total. The number of piperidine rings is 1. The van der Waals surface area contributed by atoms with E-state index in [1.807, 2.05) is 26.8 Å². The molecule has 1 saturated carbocycles. The molecule has 0 radical (unpaired) electrons. The molecule has 0 spiro atoms. The highest BCUT2D eigenvalue weighted by molar-refractivity contribution is 7.17. The second-order valence-electron chi connectivity index (χ2n) is 12.4. The third-order valence-electron chi connectivity index (χ3n) is 8.18. The summed E-state index contributed by atoms with van der Waals surface area (Å²) in [6.07, 6.45) is 2.44. The van der Waals surface area contributed by atoms with E-state index in [9.17, 15) is 9.59 Å². The number of benzene rings is 3. The summed E-state index contributed by atoms with van der Waals surface area (Å²) in [6, 6.07) is 27.6. The van der Waals surface area contributed by atoms with Gasteiger partial charge in [0.25, 0.3) is 0 Å². The summed E-state index contributed by atoms with van der Waals surface area (Å²) in [4.78, 5) is 31.6. The predicted molar refractivity (Wildman–Crippen MR) is 166 cm³/mol.